The summed E-state index contributed by atoms with van der Waals surface area (Å²) in [5.41, 5.74) is 3.90. The van der Waals surface area contributed by atoms with Gasteiger partial charge in [0.25, 0.3) is 0 Å². The van der Waals surface area contributed by atoms with Crippen molar-refractivity contribution in [3.8, 4) is 5.75 Å². The summed E-state index contributed by atoms with van der Waals surface area (Å²) < 4.78 is 11.3. The van der Waals surface area contributed by atoms with Crippen LogP contribution in [0.5, 0.6) is 5.75 Å². The third-order valence-corrected chi connectivity index (χ3v) is 6.29. The van der Waals surface area contributed by atoms with E-state index >= 15 is 0 Å². The molecular formula is C24H30NO2P. The molecule has 1 aliphatic rings. The molecule has 0 amide bonds. The van der Waals surface area contributed by atoms with Crippen molar-refractivity contribution in [2.45, 2.75) is 26.3 Å². The van der Waals surface area contributed by atoms with Gasteiger partial charge in [0.1, 0.15) is 5.75 Å². The highest BCUT2D eigenvalue weighted by Gasteiger charge is 2.16. The van der Waals surface area contributed by atoms with Crippen molar-refractivity contribution in [2.75, 3.05) is 21.0 Å². The van der Waals surface area contributed by atoms with E-state index in [9.17, 15) is 0 Å². The predicted molar refractivity (Wildman–Crippen MR) is 121 cm³/mol. The summed E-state index contributed by atoms with van der Waals surface area (Å²) in [6, 6.07) is 13.3. The van der Waals surface area contributed by atoms with Gasteiger partial charge < -0.3 is 14.8 Å². The standard InChI is InChI=1S/C24H30NO2P/c1-18-12-13-22(21(14-18)16-25-2)28-23-11-7-10-20(24(23)27-17-26-3)15-19-8-5-4-6-9-19/h4-8,10-14,19,25,28H,9,15-17H2,1-3H3. The number of ether oxygens (including phenoxy) is 2. The second kappa shape index (κ2) is 10.6. The Labute approximate surface area is 170 Å². The summed E-state index contributed by atoms with van der Waals surface area (Å²) in [5, 5.41) is 5.89. The van der Waals surface area contributed by atoms with Gasteiger partial charge >= 0.3 is 0 Å². The lowest BCUT2D eigenvalue weighted by molar-refractivity contribution is 0.0511. The van der Waals surface area contributed by atoms with E-state index in [1.165, 1.54) is 27.3 Å². The summed E-state index contributed by atoms with van der Waals surface area (Å²) in [4.78, 5) is 0. The van der Waals surface area contributed by atoms with Crippen LogP contribution in [0.15, 0.2) is 60.7 Å². The molecule has 3 nitrogen and oxygen atoms in total. The molecule has 0 spiro atoms. The highest BCUT2D eigenvalue weighted by Crippen LogP contribution is 2.29. The Hall–Kier alpha value is -1.93. The molecule has 2 aromatic rings. The Morgan fingerprint density at radius 2 is 2.00 bits per heavy atom. The monoisotopic (exact) mass is 395 g/mol. The van der Waals surface area contributed by atoms with E-state index < -0.39 is 0 Å². The quantitative estimate of drug-likeness (QED) is 0.514. The first-order valence-corrected chi connectivity index (χ1v) is 10.8. The van der Waals surface area contributed by atoms with Crippen molar-refractivity contribution >= 4 is 19.2 Å². The van der Waals surface area contributed by atoms with Crippen molar-refractivity contribution in [2.24, 2.45) is 5.92 Å². The maximum Gasteiger partial charge on any atom is 0.188 e. The molecule has 0 aliphatic heterocycles. The maximum atomic E-state index is 6.08. The largest absolute Gasteiger partial charge is 0.467 e. The Kier molecular flexibility index (Phi) is 7.85. The summed E-state index contributed by atoms with van der Waals surface area (Å²) in [6.45, 7) is 3.29. The molecule has 2 atom stereocenters. The van der Waals surface area contributed by atoms with Gasteiger partial charge in [-0.1, -0.05) is 74.8 Å². The van der Waals surface area contributed by atoms with E-state index in [1.807, 2.05) is 7.05 Å². The lowest BCUT2D eigenvalue weighted by Gasteiger charge is -2.20. The summed E-state index contributed by atoms with van der Waals surface area (Å²) in [7, 11) is 4.21. The zero-order chi connectivity index (χ0) is 19.8. The molecule has 0 aromatic heterocycles. The van der Waals surface area contributed by atoms with E-state index in [4.69, 9.17) is 9.47 Å². The molecule has 0 heterocycles. The topological polar surface area (TPSA) is 30.5 Å². The number of nitrogens with one attached hydrogen (secondary N) is 1. The van der Waals surface area contributed by atoms with Crippen molar-refractivity contribution in [1.82, 2.24) is 5.32 Å². The third-order valence-electron chi connectivity index (χ3n) is 4.87. The Balaban J connectivity index is 1.90. The van der Waals surface area contributed by atoms with E-state index in [-0.39, 0.29) is 6.79 Å². The second-order valence-electron chi connectivity index (χ2n) is 7.17. The van der Waals surface area contributed by atoms with E-state index in [1.54, 1.807) is 7.11 Å². The van der Waals surface area contributed by atoms with E-state index in [0.29, 0.717) is 14.5 Å². The van der Waals surface area contributed by atoms with Gasteiger partial charge in [0.15, 0.2) is 6.79 Å². The van der Waals surface area contributed by atoms with Crippen LogP contribution >= 0.6 is 8.58 Å². The maximum absolute atomic E-state index is 6.08. The number of hydrogen-bond acceptors (Lipinski definition) is 3. The molecule has 1 aliphatic carbocycles. The molecule has 4 heteroatoms. The molecular weight excluding hydrogens is 365 g/mol. The van der Waals surface area contributed by atoms with Gasteiger partial charge in [-0.15, -0.1) is 0 Å². The molecule has 0 saturated heterocycles. The molecule has 28 heavy (non-hydrogen) atoms. The number of benzene rings is 2. The molecule has 0 fully saturated rings. The third kappa shape index (κ3) is 5.54. The van der Waals surface area contributed by atoms with Crippen molar-refractivity contribution in [3.63, 3.8) is 0 Å². The molecule has 2 unspecified atom stereocenters. The van der Waals surface area contributed by atoms with Crippen LogP contribution < -0.4 is 20.7 Å². The molecule has 0 bridgehead atoms. The van der Waals surface area contributed by atoms with Gasteiger partial charge in [-0.2, -0.15) is 0 Å². The minimum atomic E-state index is 0.270. The first-order chi connectivity index (χ1) is 13.7. The average Bonchev–Trinajstić information content (AvgIpc) is 2.70. The highest BCUT2D eigenvalue weighted by molar-refractivity contribution is 7.55. The minimum Gasteiger partial charge on any atom is -0.467 e. The summed E-state index contributed by atoms with van der Waals surface area (Å²) in [5.74, 6) is 1.51. The van der Waals surface area contributed by atoms with Crippen molar-refractivity contribution < 1.29 is 9.47 Å². The molecule has 2 aromatic carbocycles. The zero-order valence-electron chi connectivity index (χ0n) is 17.0. The van der Waals surface area contributed by atoms with Crippen LogP contribution in [0.25, 0.3) is 0 Å². The number of methoxy groups -OCH3 is 1. The van der Waals surface area contributed by atoms with Gasteiger partial charge in [-0.3, -0.25) is 0 Å². The second-order valence-corrected chi connectivity index (χ2v) is 8.50. The number of allylic oxidation sites excluding steroid dienone is 4. The number of para-hydroxylation sites is 1. The van der Waals surface area contributed by atoms with Crippen LogP contribution in [-0.4, -0.2) is 21.0 Å². The molecule has 0 saturated carbocycles. The smallest absolute Gasteiger partial charge is 0.188 e. The zero-order valence-corrected chi connectivity index (χ0v) is 18.0. The van der Waals surface area contributed by atoms with E-state index in [0.717, 1.165) is 25.1 Å². The molecule has 0 radical (unpaired) electrons. The number of hydrogen-bond donors (Lipinski definition) is 1. The first-order valence-electron chi connectivity index (χ1n) is 9.79. The fourth-order valence-electron chi connectivity index (χ4n) is 3.52. The van der Waals surface area contributed by atoms with Crippen LogP contribution in [0.3, 0.4) is 0 Å². The van der Waals surface area contributed by atoms with Gasteiger partial charge in [0.2, 0.25) is 0 Å². The van der Waals surface area contributed by atoms with Gasteiger partial charge in [-0.25, -0.2) is 0 Å². The van der Waals surface area contributed by atoms with Crippen LogP contribution in [0.4, 0.5) is 0 Å². The van der Waals surface area contributed by atoms with Gasteiger partial charge in [0.05, 0.1) is 0 Å². The van der Waals surface area contributed by atoms with Crippen LogP contribution in [0, 0.1) is 12.8 Å². The first kappa shape index (κ1) is 20.8. The van der Waals surface area contributed by atoms with Crippen molar-refractivity contribution in [1.29, 1.82) is 0 Å². The summed E-state index contributed by atoms with van der Waals surface area (Å²) in [6.07, 6.45) is 10.9. The lowest BCUT2D eigenvalue weighted by atomic mass is 9.93. The highest BCUT2D eigenvalue weighted by atomic mass is 31.1. The van der Waals surface area contributed by atoms with Gasteiger partial charge in [-0.05, 0) is 49.2 Å². The predicted octanol–water partition coefficient (Wildman–Crippen LogP) is 4.00. The summed E-state index contributed by atoms with van der Waals surface area (Å²) >= 11 is 0. The minimum absolute atomic E-state index is 0.270. The van der Waals surface area contributed by atoms with Crippen LogP contribution in [-0.2, 0) is 17.7 Å². The molecule has 1 N–H and O–H groups in total. The molecule has 3 rings (SSSR count). The van der Waals surface area contributed by atoms with Crippen molar-refractivity contribution in [3.05, 3.63) is 77.4 Å². The number of rotatable bonds is 9. The van der Waals surface area contributed by atoms with E-state index in [2.05, 4.69) is 72.9 Å². The fraction of sp³-hybridized carbons (Fsp3) is 0.333. The normalized spacial score (nSPS) is 16.2. The van der Waals surface area contributed by atoms with Gasteiger partial charge in [0, 0.05) is 19.0 Å². The fourth-order valence-corrected chi connectivity index (χ4v) is 4.83. The Bertz CT molecular complexity index is 844. The Morgan fingerprint density at radius 1 is 1.11 bits per heavy atom. The lowest BCUT2D eigenvalue weighted by Crippen LogP contribution is -2.18. The average molecular weight is 395 g/mol. The van der Waals surface area contributed by atoms with Crippen LogP contribution in [0.2, 0.25) is 0 Å². The molecule has 148 valence electrons. The number of aryl methyl sites for hydroxylation is 1. The Morgan fingerprint density at radius 3 is 2.75 bits per heavy atom. The SMILES string of the molecule is CNCc1cc(C)ccc1Pc1cccc(CC2C=CC=CC2)c1OCOC. The van der Waals surface area contributed by atoms with Crippen LogP contribution in [0.1, 0.15) is 23.1 Å².